The molecule has 0 aliphatic carbocycles. The summed E-state index contributed by atoms with van der Waals surface area (Å²) in [6.45, 7) is 2.68. The standard InChI is InChI=1S/C23H23N3O3/c1-3-29-22(27)9-6-14-26(2)20-12-10-17(11-13-20)23(28)25-19-15-18-7-4-5-8-21(18)24-16-19/h4-13,15-16H,3,14H2,1-2H3,(H,25,28)/b9-6+. The molecule has 0 bridgehead atoms. The van der Waals surface area contributed by atoms with Gasteiger partial charge in [0.2, 0.25) is 0 Å². The first-order valence-corrected chi connectivity index (χ1v) is 9.37. The Hall–Kier alpha value is -3.67. The molecule has 3 rings (SSSR count). The van der Waals surface area contributed by atoms with Crippen molar-refractivity contribution < 1.29 is 14.3 Å². The molecule has 0 aliphatic rings. The molecule has 0 radical (unpaired) electrons. The second-order valence-corrected chi connectivity index (χ2v) is 6.45. The number of carbonyl (C=O) groups is 2. The van der Waals surface area contributed by atoms with Gasteiger partial charge in [0.1, 0.15) is 0 Å². The molecule has 3 aromatic rings. The zero-order valence-corrected chi connectivity index (χ0v) is 16.5. The first-order valence-electron chi connectivity index (χ1n) is 9.37. The lowest BCUT2D eigenvalue weighted by molar-refractivity contribution is -0.137. The second kappa shape index (κ2) is 9.50. The SMILES string of the molecule is CCOC(=O)/C=C/CN(C)c1ccc(C(=O)Nc2cnc3ccccc3c2)cc1. The second-order valence-electron chi connectivity index (χ2n) is 6.45. The summed E-state index contributed by atoms with van der Waals surface area (Å²) in [5.74, 6) is -0.547. The molecule has 0 aliphatic heterocycles. The summed E-state index contributed by atoms with van der Waals surface area (Å²) in [4.78, 5) is 30.2. The van der Waals surface area contributed by atoms with Crippen molar-refractivity contribution in [2.45, 2.75) is 6.92 Å². The van der Waals surface area contributed by atoms with Crippen molar-refractivity contribution in [2.75, 3.05) is 30.4 Å². The van der Waals surface area contributed by atoms with E-state index in [4.69, 9.17) is 4.74 Å². The van der Waals surface area contributed by atoms with Crippen LogP contribution in [0.1, 0.15) is 17.3 Å². The van der Waals surface area contributed by atoms with Crippen LogP contribution in [0.5, 0.6) is 0 Å². The van der Waals surface area contributed by atoms with Crippen LogP contribution in [0, 0.1) is 0 Å². The van der Waals surface area contributed by atoms with Crippen molar-refractivity contribution in [1.82, 2.24) is 4.98 Å². The average Bonchev–Trinajstić information content (AvgIpc) is 2.74. The van der Waals surface area contributed by atoms with Crippen LogP contribution in [0.4, 0.5) is 11.4 Å². The molecule has 1 amide bonds. The minimum atomic E-state index is -0.351. The van der Waals surface area contributed by atoms with Crippen LogP contribution in [0.3, 0.4) is 0 Å². The topological polar surface area (TPSA) is 71.5 Å². The smallest absolute Gasteiger partial charge is 0.330 e. The van der Waals surface area contributed by atoms with E-state index in [1.54, 1.807) is 31.3 Å². The molecule has 0 saturated heterocycles. The fraction of sp³-hybridized carbons (Fsp3) is 0.174. The van der Waals surface area contributed by atoms with E-state index in [0.717, 1.165) is 16.6 Å². The average molecular weight is 389 g/mol. The predicted octanol–water partition coefficient (Wildman–Crippen LogP) is 4.04. The number of likely N-dealkylation sites (N-methyl/N-ethyl adjacent to an activating group) is 1. The molecule has 2 aromatic carbocycles. The Morgan fingerprint density at radius 1 is 1.14 bits per heavy atom. The van der Waals surface area contributed by atoms with E-state index in [1.165, 1.54) is 6.08 Å². The Kier molecular flexibility index (Phi) is 6.58. The highest BCUT2D eigenvalue weighted by Gasteiger charge is 2.08. The van der Waals surface area contributed by atoms with Gasteiger partial charge in [0, 0.05) is 36.3 Å². The van der Waals surface area contributed by atoms with Crippen LogP contribution < -0.4 is 10.2 Å². The highest BCUT2D eigenvalue weighted by atomic mass is 16.5. The molecule has 0 saturated carbocycles. The van der Waals surface area contributed by atoms with Crippen LogP contribution in [0.15, 0.2) is 72.9 Å². The molecular weight excluding hydrogens is 366 g/mol. The zero-order valence-electron chi connectivity index (χ0n) is 16.5. The molecule has 1 N–H and O–H groups in total. The van der Waals surface area contributed by atoms with Crippen molar-refractivity contribution in [2.24, 2.45) is 0 Å². The van der Waals surface area contributed by atoms with E-state index in [2.05, 4.69) is 10.3 Å². The van der Waals surface area contributed by atoms with Crippen molar-refractivity contribution in [3.8, 4) is 0 Å². The van der Waals surface area contributed by atoms with Crippen LogP contribution in [-0.4, -0.2) is 37.1 Å². The number of hydrogen-bond acceptors (Lipinski definition) is 5. The van der Waals surface area contributed by atoms with Crippen LogP contribution >= 0.6 is 0 Å². The molecule has 0 unspecified atom stereocenters. The van der Waals surface area contributed by atoms with Crippen LogP contribution in [-0.2, 0) is 9.53 Å². The third kappa shape index (κ3) is 5.42. The van der Waals surface area contributed by atoms with Crippen molar-refractivity contribution in [3.05, 3.63) is 78.5 Å². The van der Waals surface area contributed by atoms with Gasteiger partial charge >= 0.3 is 5.97 Å². The Bertz CT molecular complexity index is 1030. The normalized spacial score (nSPS) is 10.8. The number of ether oxygens (including phenoxy) is 1. The lowest BCUT2D eigenvalue weighted by Gasteiger charge is -2.17. The van der Waals surface area contributed by atoms with Gasteiger partial charge in [-0.05, 0) is 43.3 Å². The summed E-state index contributed by atoms with van der Waals surface area (Å²) in [7, 11) is 1.91. The highest BCUT2D eigenvalue weighted by molar-refractivity contribution is 6.05. The Morgan fingerprint density at radius 2 is 1.90 bits per heavy atom. The van der Waals surface area contributed by atoms with E-state index >= 15 is 0 Å². The maximum absolute atomic E-state index is 12.5. The summed E-state index contributed by atoms with van der Waals surface area (Å²) in [5, 5.41) is 3.85. The summed E-state index contributed by atoms with van der Waals surface area (Å²) in [5.41, 5.74) is 3.02. The van der Waals surface area contributed by atoms with Gasteiger partial charge in [0.25, 0.3) is 5.91 Å². The number of carbonyl (C=O) groups excluding carboxylic acids is 2. The van der Waals surface area contributed by atoms with Gasteiger partial charge in [-0.25, -0.2) is 4.79 Å². The van der Waals surface area contributed by atoms with Crippen LogP contribution in [0.2, 0.25) is 0 Å². The Balaban J connectivity index is 1.61. The maximum Gasteiger partial charge on any atom is 0.330 e. The zero-order chi connectivity index (χ0) is 20.6. The lowest BCUT2D eigenvalue weighted by Crippen LogP contribution is -2.17. The monoisotopic (exact) mass is 389 g/mol. The molecule has 1 heterocycles. The first kappa shape index (κ1) is 20.1. The molecule has 29 heavy (non-hydrogen) atoms. The molecule has 0 spiro atoms. The van der Waals surface area contributed by atoms with Crippen molar-refractivity contribution >= 4 is 34.2 Å². The number of rotatable bonds is 7. The molecule has 148 valence electrons. The van der Waals surface area contributed by atoms with Gasteiger partial charge in [-0.3, -0.25) is 9.78 Å². The van der Waals surface area contributed by atoms with Crippen molar-refractivity contribution in [1.29, 1.82) is 0 Å². The molecule has 0 atom stereocenters. The number of nitrogens with zero attached hydrogens (tertiary/aromatic N) is 2. The van der Waals surface area contributed by atoms with E-state index in [0.29, 0.717) is 24.4 Å². The minimum absolute atomic E-state index is 0.196. The number of benzene rings is 2. The number of hydrogen-bond donors (Lipinski definition) is 1. The number of esters is 1. The number of para-hydroxylation sites is 1. The number of nitrogens with one attached hydrogen (secondary N) is 1. The molecule has 6 heteroatoms. The molecule has 1 aromatic heterocycles. The number of aromatic nitrogens is 1. The number of pyridine rings is 1. The largest absolute Gasteiger partial charge is 0.463 e. The number of anilines is 2. The summed E-state index contributed by atoms with van der Waals surface area (Å²) < 4.78 is 4.85. The summed E-state index contributed by atoms with van der Waals surface area (Å²) in [6, 6.07) is 16.9. The van der Waals surface area contributed by atoms with E-state index in [-0.39, 0.29) is 11.9 Å². The highest BCUT2D eigenvalue weighted by Crippen LogP contribution is 2.18. The quantitative estimate of drug-likeness (QED) is 0.488. The fourth-order valence-corrected chi connectivity index (χ4v) is 2.81. The van der Waals surface area contributed by atoms with Crippen LogP contribution in [0.25, 0.3) is 10.9 Å². The third-order valence-electron chi connectivity index (χ3n) is 4.34. The Labute approximate surface area is 169 Å². The van der Waals surface area contributed by atoms with Gasteiger partial charge in [0.15, 0.2) is 0 Å². The molecular formula is C23H23N3O3. The van der Waals surface area contributed by atoms with Gasteiger partial charge in [-0.15, -0.1) is 0 Å². The van der Waals surface area contributed by atoms with Gasteiger partial charge in [-0.2, -0.15) is 0 Å². The number of amides is 1. The summed E-state index contributed by atoms with van der Waals surface area (Å²) in [6.07, 6.45) is 4.81. The van der Waals surface area contributed by atoms with Gasteiger partial charge in [0.05, 0.1) is 24.0 Å². The molecule has 6 nitrogen and oxygen atoms in total. The minimum Gasteiger partial charge on any atom is -0.463 e. The van der Waals surface area contributed by atoms with Gasteiger partial charge in [-0.1, -0.05) is 24.3 Å². The fourth-order valence-electron chi connectivity index (χ4n) is 2.81. The van der Waals surface area contributed by atoms with E-state index < -0.39 is 0 Å². The lowest BCUT2D eigenvalue weighted by atomic mass is 10.1. The third-order valence-corrected chi connectivity index (χ3v) is 4.34. The summed E-state index contributed by atoms with van der Waals surface area (Å²) >= 11 is 0. The number of fused-ring (bicyclic) bond motifs is 1. The van der Waals surface area contributed by atoms with E-state index in [9.17, 15) is 9.59 Å². The van der Waals surface area contributed by atoms with Gasteiger partial charge < -0.3 is 15.0 Å². The Morgan fingerprint density at radius 3 is 2.66 bits per heavy atom. The maximum atomic E-state index is 12.5. The first-order chi connectivity index (χ1) is 14.1. The van der Waals surface area contributed by atoms with E-state index in [1.807, 2.05) is 54.4 Å². The predicted molar refractivity (Wildman–Crippen MR) is 115 cm³/mol. The van der Waals surface area contributed by atoms with Crippen molar-refractivity contribution in [3.63, 3.8) is 0 Å². The molecule has 0 fully saturated rings.